The minimum absolute atomic E-state index is 0.105. The van der Waals surface area contributed by atoms with Gasteiger partial charge in [-0.2, -0.15) is 0 Å². The molecule has 1 atom stereocenters. The molecule has 192 valence electrons. The van der Waals surface area contributed by atoms with Gasteiger partial charge in [0, 0.05) is 17.1 Å². The SMILES string of the molecule is COc1ccc(CN(C(=O)CN(c2cc(Cl)ccc2C)S(C)(=O)=O)C(C)C(=O)NC(C)(C)C)cc1. The van der Waals surface area contributed by atoms with Gasteiger partial charge < -0.3 is 15.0 Å². The Morgan fingerprint density at radius 1 is 1.11 bits per heavy atom. The van der Waals surface area contributed by atoms with Gasteiger partial charge in [0.15, 0.2) is 0 Å². The van der Waals surface area contributed by atoms with Gasteiger partial charge >= 0.3 is 0 Å². The van der Waals surface area contributed by atoms with Crippen LogP contribution in [-0.4, -0.2) is 56.6 Å². The van der Waals surface area contributed by atoms with Gasteiger partial charge in [0.05, 0.1) is 19.1 Å². The number of rotatable bonds is 9. The van der Waals surface area contributed by atoms with E-state index in [9.17, 15) is 18.0 Å². The molecule has 0 aliphatic rings. The third-order valence-electron chi connectivity index (χ3n) is 5.30. The molecule has 0 spiro atoms. The molecule has 0 bridgehead atoms. The van der Waals surface area contributed by atoms with Crippen molar-refractivity contribution < 1.29 is 22.7 Å². The first-order valence-corrected chi connectivity index (χ1v) is 13.3. The van der Waals surface area contributed by atoms with Crippen LogP contribution in [0.15, 0.2) is 42.5 Å². The lowest BCUT2D eigenvalue weighted by atomic mass is 10.1. The summed E-state index contributed by atoms with van der Waals surface area (Å²) >= 11 is 6.12. The number of methoxy groups -OCH3 is 1. The number of carbonyl (C=O) groups is 2. The monoisotopic (exact) mass is 523 g/mol. The molecule has 0 saturated carbocycles. The quantitative estimate of drug-likeness (QED) is 0.540. The molecule has 0 fully saturated rings. The molecule has 2 amide bonds. The van der Waals surface area contributed by atoms with Crippen molar-refractivity contribution >= 4 is 39.1 Å². The second kappa shape index (κ2) is 11.3. The van der Waals surface area contributed by atoms with E-state index in [-0.39, 0.29) is 12.5 Å². The molecule has 1 unspecified atom stereocenters. The predicted molar refractivity (Wildman–Crippen MR) is 139 cm³/mol. The Balaban J connectivity index is 2.44. The molecule has 0 radical (unpaired) electrons. The third kappa shape index (κ3) is 8.14. The number of nitrogens with one attached hydrogen (secondary N) is 1. The first-order valence-electron chi connectivity index (χ1n) is 11.1. The van der Waals surface area contributed by atoms with E-state index in [1.165, 1.54) is 11.0 Å². The average molecular weight is 524 g/mol. The molecule has 1 N–H and O–H groups in total. The Bertz CT molecular complexity index is 1160. The number of amides is 2. The molecule has 35 heavy (non-hydrogen) atoms. The summed E-state index contributed by atoms with van der Waals surface area (Å²) in [6, 6.07) is 11.1. The van der Waals surface area contributed by atoms with Gasteiger partial charge in [0.25, 0.3) is 0 Å². The fourth-order valence-corrected chi connectivity index (χ4v) is 4.50. The van der Waals surface area contributed by atoms with Crippen molar-refractivity contribution in [3.8, 4) is 5.75 Å². The zero-order valence-corrected chi connectivity index (χ0v) is 22.8. The van der Waals surface area contributed by atoms with E-state index in [1.807, 2.05) is 20.8 Å². The number of nitrogens with zero attached hydrogens (tertiary/aromatic N) is 2. The van der Waals surface area contributed by atoms with Crippen LogP contribution in [0.4, 0.5) is 5.69 Å². The van der Waals surface area contributed by atoms with Gasteiger partial charge in [-0.15, -0.1) is 0 Å². The topological polar surface area (TPSA) is 96.0 Å². The average Bonchev–Trinajstić information content (AvgIpc) is 2.75. The van der Waals surface area contributed by atoms with Crippen molar-refractivity contribution in [2.24, 2.45) is 0 Å². The van der Waals surface area contributed by atoms with Crippen molar-refractivity contribution in [1.29, 1.82) is 0 Å². The lowest BCUT2D eigenvalue weighted by Gasteiger charge is -2.33. The normalized spacial score (nSPS) is 12.6. The zero-order chi connectivity index (χ0) is 26.6. The number of aryl methyl sites for hydroxylation is 1. The van der Waals surface area contributed by atoms with Crippen LogP contribution < -0.4 is 14.4 Å². The van der Waals surface area contributed by atoms with E-state index < -0.39 is 34.1 Å². The predicted octanol–water partition coefficient (Wildman–Crippen LogP) is 3.76. The van der Waals surface area contributed by atoms with Gasteiger partial charge in [-0.3, -0.25) is 13.9 Å². The fraction of sp³-hybridized carbons (Fsp3) is 0.440. The number of halogens is 1. The molecule has 2 aromatic rings. The Kier molecular flexibility index (Phi) is 9.19. The number of hydrogen-bond donors (Lipinski definition) is 1. The first-order chi connectivity index (χ1) is 16.1. The van der Waals surface area contributed by atoms with Crippen molar-refractivity contribution in [3.63, 3.8) is 0 Å². The van der Waals surface area contributed by atoms with E-state index in [4.69, 9.17) is 16.3 Å². The van der Waals surface area contributed by atoms with Crippen LogP contribution in [0.2, 0.25) is 5.02 Å². The van der Waals surface area contributed by atoms with Crippen molar-refractivity contribution in [3.05, 3.63) is 58.6 Å². The number of ether oxygens (including phenoxy) is 1. The Morgan fingerprint density at radius 3 is 2.23 bits per heavy atom. The second-order valence-electron chi connectivity index (χ2n) is 9.49. The van der Waals surface area contributed by atoms with Gasteiger partial charge in [0.1, 0.15) is 18.3 Å². The maximum Gasteiger partial charge on any atom is 0.244 e. The highest BCUT2D eigenvalue weighted by Gasteiger charge is 2.31. The highest BCUT2D eigenvalue weighted by molar-refractivity contribution is 7.92. The van der Waals surface area contributed by atoms with E-state index in [1.54, 1.807) is 57.4 Å². The summed E-state index contributed by atoms with van der Waals surface area (Å²) in [4.78, 5) is 27.9. The smallest absolute Gasteiger partial charge is 0.244 e. The maximum atomic E-state index is 13.6. The zero-order valence-electron chi connectivity index (χ0n) is 21.3. The Morgan fingerprint density at radius 2 is 1.71 bits per heavy atom. The van der Waals surface area contributed by atoms with E-state index in [0.29, 0.717) is 22.0 Å². The van der Waals surface area contributed by atoms with Gasteiger partial charge in [-0.1, -0.05) is 29.8 Å². The summed E-state index contributed by atoms with van der Waals surface area (Å²) in [6.07, 6.45) is 1.03. The second-order valence-corrected chi connectivity index (χ2v) is 11.8. The summed E-state index contributed by atoms with van der Waals surface area (Å²) in [6.45, 7) is 8.53. The summed E-state index contributed by atoms with van der Waals surface area (Å²) in [5.74, 6) is -0.212. The Hall–Kier alpha value is -2.78. The van der Waals surface area contributed by atoms with Crippen molar-refractivity contribution in [2.75, 3.05) is 24.2 Å². The fourth-order valence-electron chi connectivity index (χ4n) is 3.43. The minimum atomic E-state index is -3.83. The van der Waals surface area contributed by atoms with Gasteiger partial charge in [-0.05, 0) is 70.0 Å². The van der Waals surface area contributed by atoms with Crippen molar-refractivity contribution in [2.45, 2.75) is 52.7 Å². The third-order valence-corrected chi connectivity index (χ3v) is 6.66. The van der Waals surface area contributed by atoms with E-state index in [0.717, 1.165) is 16.1 Å². The molecule has 8 nitrogen and oxygen atoms in total. The number of hydrogen-bond acceptors (Lipinski definition) is 5. The Labute approximate surface area is 213 Å². The van der Waals surface area contributed by atoms with Crippen LogP contribution in [0.5, 0.6) is 5.75 Å². The summed E-state index contributed by atoms with van der Waals surface area (Å²) < 4.78 is 31.6. The standard InChI is InChI=1S/C25H34ClN3O5S/c1-17-8-11-20(26)14-22(17)29(35(7,32)33)16-23(30)28(18(2)24(31)27-25(3,4)5)15-19-9-12-21(34-6)13-10-19/h8-14,18H,15-16H2,1-7H3,(H,27,31). The molecule has 2 rings (SSSR count). The maximum absolute atomic E-state index is 13.6. The highest BCUT2D eigenvalue weighted by atomic mass is 35.5. The van der Waals surface area contributed by atoms with Crippen LogP contribution in [0.1, 0.15) is 38.8 Å². The number of sulfonamides is 1. The van der Waals surface area contributed by atoms with Crippen LogP contribution in [0.25, 0.3) is 0 Å². The molecular formula is C25H34ClN3O5S. The van der Waals surface area contributed by atoms with Crippen LogP contribution in [-0.2, 0) is 26.2 Å². The molecular weight excluding hydrogens is 490 g/mol. The summed E-state index contributed by atoms with van der Waals surface area (Å²) in [5, 5.41) is 3.23. The van der Waals surface area contributed by atoms with Crippen LogP contribution in [0.3, 0.4) is 0 Å². The molecule has 0 heterocycles. The lowest BCUT2D eigenvalue weighted by Crippen LogP contribution is -2.54. The number of benzene rings is 2. The van der Waals surface area contributed by atoms with Crippen molar-refractivity contribution in [1.82, 2.24) is 10.2 Å². The largest absolute Gasteiger partial charge is 0.497 e. The minimum Gasteiger partial charge on any atom is -0.497 e. The summed E-state index contributed by atoms with van der Waals surface area (Å²) in [7, 11) is -2.28. The molecule has 0 aromatic heterocycles. The first kappa shape index (κ1) is 28.5. The molecule has 0 saturated heterocycles. The highest BCUT2D eigenvalue weighted by Crippen LogP contribution is 2.27. The van der Waals surface area contributed by atoms with E-state index >= 15 is 0 Å². The molecule has 0 aliphatic carbocycles. The van der Waals surface area contributed by atoms with Gasteiger partial charge in [0.2, 0.25) is 21.8 Å². The summed E-state index contributed by atoms with van der Waals surface area (Å²) in [5.41, 5.74) is 1.22. The molecule has 0 aliphatic heterocycles. The van der Waals surface area contributed by atoms with Crippen LogP contribution in [0, 0.1) is 6.92 Å². The number of anilines is 1. The molecule has 10 heteroatoms. The number of carbonyl (C=O) groups excluding carboxylic acids is 2. The van der Waals surface area contributed by atoms with E-state index in [2.05, 4.69) is 5.32 Å². The van der Waals surface area contributed by atoms with Crippen LogP contribution >= 0.6 is 11.6 Å². The molecule has 2 aromatic carbocycles. The lowest BCUT2D eigenvalue weighted by molar-refractivity contribution is -0.140. The van der Waals surface area contributed by atoms with Gasteiger partial charge in [-0.25, -0.2) is 8.42 Å².